The molecule has 3 heteroatoms. The van der Waals surface area contributed by atoms with E-state index in [9.17, 15) is 0 Å². The van der Waals surface area contributed by atoms with E-state index >= 15 is 0 Å². The Kier molecular flexibility index (Phi) is 3.61. The molecule has 3 rings (SSSR count). The Bertz CT molecular complexity index is 422. The predicted octanol–water partition coefficient (Wildman–Crippen LogP) is 1.67. The zero-order chi connectivity index (χ0) is 13.4. The van der Waals surface area contributed by atoms with Gasteiger partial charge in [-0.15, -0.1) is 0 Å². The van der Waals surface area contributed by atoms with E-state index < -0.39 is 0 Å². The van der Waals surface area contributed by atoms with Gasteiger partial charge >= 0.3 is 0 Å². The molecule has 2 saturated heterocycles. The number of likely N-dealkylation sites (tertiary alicyclic amines) is 2. The average molecular weight is 259 g/mol. The van der Waals surface area contributed by atoms with Gasteiger partial charge in [0.1, 0.15) is 0 Å². The van der Waals surface area contributed by atoms with Gasteiger partial charge < -0.3 is 10.6 Å². The minimum absolute atomic E-state index is 0.562. The first-order valence-corrected chi connectivity index (χ1v) is 7.36. The van der Waals surface area contributed by atoms with Gasteiger partial charge in [0.2, 0.25) is 0 Å². The molecule has 0 aliphatic carbocycles. The second-order valence-corrected chi connectivity index (χ2v) is 6.38. The van der Waals surface area contributed by atoms with Crippen LogP contribution in [0.1, 0.15) is 29.5 Å². The van der Waals surface area contributed by atoms with Crippen molar-refractivity contribution in [2.45, 2.75) is 18.4 Å². The van der Waals surface area contributed by atoms with E-state index in [0.717, 1.165) is 19.0 Å². The number of hydrogen-bond donors (Lipinski definition) is 1. The fraction of sp³-hybridized carbons (Fsp3) is 0.625. The zero-order valence-corrected chi connectivity index (χ0v) is 12.0. The molecule has 1 aromatic rings. The van der Waals surface area contributed by atoms with Crippen LogP contribution in [0.2, 0.25) is 0 Å². The molecule has 2 aliphatic heterocycles. The number of nitrogens with zero attached hydrogens (tertiary/aromatic N) is 2. The average Bonchev–Trinajstić information content (AvgIpc) is 2.77. The molecule has 0 bridgehead atoms. The Labute approximate surface area is 116 Å². The van der Waals surface area contributed by atoms with Crippen molar-refractivity contribution in [2.24, 2.45) is 11.7 Å². The predicted molar refractivity (Wildman–Crippen MR) is 79.2 cm³/mol. The molecule has 0 aromatic heterocycles. The van der Waals surface area contributed by atoms with Crippen LogP contribution in [0.25, 0.3) is 0 Å². The van der Waals surface area contributed by atoms with Crippen LogP contribution in [0.15, 0.2) is 24.3 Å². The van der Waals surface area contributed by atoms with Gasteiger partial charge in [0.05, 0.1) is 0 Å². The van der Waals surface area contributed by atoms with E-state index in [0.29, 0.717) is 12.0 Å². The molecule has 2 unspecified atom stereocenters. The van der Waals surface area contributed by atoms with Crippen molar-refractivity contribution in [2.75, 3.05) is 40.3 Å². The zero-order valence-electron chi connectivity index (χ0n) is 12.0. The molecule has 2 heterocycles. The van der Waals surface area contributed by atoms with E-state index in [1.165, 1.54) is 30.6 Å². The molecule has 2 aliphatic rings. The minimum atomic E-state index is 0.562. The molecule has 0 amide bonds. The molecule has 0 radical (unpaired) electrons. The van der Waals surface area contributed by atoms with E-state index in [4.69, 9.17) is 5.73 Å². The lowest BCUT2D eigenvalue weighted by atomic mass is 9.90. The third kappa shape index (κ3) is 2.55. The van der Waals surface area contributed by atoms with Crippen molar-refractivity contribution in [3.8, 4) is 0 Å². The maximum atomic E-state index is 5.81. The summed E-state index contributed by atoms with van der Waals surface area (Å²) in [6, 6.07) is 9.88. The molecule has 104 valence electrons. The Morgan fingerprint density at radius 1 is 1.05 bits per heavy atom. The summed E-state index contributed by atoms with van der Waals surface area (Å²) < 4.78 is 0. The third-order valence-corrected chi connectivity index (χ3v) is 4.82. The summed E-state index contributed by atoms with van der Waals surface area (Å²) in [6.07, 6.45) is 1.21. The van der Waals surface area contributed by atoms with E-state index in [-0.39, 0.29) is 0 Å². The van der Waals surface area contributed by atoms with Gasteiger partial charge in [0, 0.05) is 31.6 Å². The van der Waals surface area contributed by atoms with Gasteiger partial charge in [0.25, 0.3) is 0 Å². The molecule has 19 heavy (non-hydrogen) atoms. The molecular weight excluding hydrogens is 234 g/mol. The number of nitrogens with two attached hydrogens (primary N) is 1. The van der Waals surface area contributed by atoms with Crippen LogP contribution in [0, 0.1) is 5.92 Å². The van der Waals surface area contributed by atoms with Crippen LogP contribution in [-0.4, -0.2) is 50.1 Å². The van der Waals surface area contributed by atoms with Gasteiger partial charge in [-0.3, -0.25) is 4.90 Å². The third-order valence-electron chi connectivity index (χ3n) is 4.82. The molecule has 3 nitrogen and oxygen atoms in total. The fourth-order valence-corrected chi connectivity index (χ4v) is 3.57. The van der Waals surface area contributed by atoms with Crippen molar-refractivity contribution in [3.05, 3.63) is 35.4 Å². The summed E-state index contributed by atoms with van der Waals surface area (Å²) >= 11 is 0. The molecule has 2 N–H and O–H groups in total. The highest BCUT2D eigenvalue weighted by atomic mass is 15.2. The monoisotopic (exact) mass is 259 g/mol. The highest BCUT2D eigenvalue weighted by Crippen LogP contribution is 2.34. The van der Waals surface area contributed by atoms with E-state index in [2.05, 4.69) is 48.2 Å². The smallest absolute Gasteiger partial charge is 0.0348 e. The largest absolute Gasteiger partial charge is 0.330 e. The minimum Gasteiger partial charge on any atom is -0.330 e. The highest BCUT2D eigenvalue weighted by molar-refractivity contribution is 5.29. The first kappa shape index (κ1) is 13.1. The second kappa shape index (κ2) is 5.23. The second-order valence-electron chi connectivity index (χ2n) is 6.38. The van der Waals surface area contributed by atoms with Crippen molar-refractivity contribution in [1.82, 2.24) is 9.80 Å². The summed E-state index contributed by atoms with van der Waals surface area (Å²) in [5.41, 5.74) is 8.76. The molecular formula is C16H25N3. The summed E-state index contributed by atoms with van der Waals surface area (Å²) in [5, 5.41) is 0. The summed E-state index contributed by atoms with van der Waals surface area (Å²) in [5.74, 6) is 1.41. The molecule has 2 atom stereocenters. The van der Waals surface area contributed by atoms with Crippen molar-refractivity contribution in [3.63, 3.8) is 0 Å². The van der Waals surface area contributed by atoms with Gasteiger partial charge in [-0.05, 0) is 44.1 Å². The maximum Gasteiger partial charge on any atom is 0.0348 e. The number of rotatable bonds is 3. The first-order valence-electron chi connectivity index (χ1n) is 7.36. The molecule has 0 saturated carbocycles. The van der Waals surface area contributed by atoms with Crippen LogP contribution in [-0.2, 0) is 0 Å². The van der Waals surface area contributed by atoms with Crippen molar-refractivity contribution >= 4 is 0 Å². The van der Waals surface area contributed by atoms with Crippen LogP contribution < -0.4 is 5.73 Å². The SMILES string of the molecule is CN1CC(c2ccc(C3CC(CN)CN3C)cc2)C1. The molecule has 2 fully saturated rings. The molecule has 0 spiro atoms. The molecule has 1 aromatic carbocycles. The van der Waals surface area contributed by atoms with Crippen LogP contribution >= 0.6 is 0 Å². The van der Waals surface area contributed by atoms with Gasteiger partial charge in [-0.2, -0.15) is 0 Å². The Morgan fingerprint density at radius 2 is 1.68 bits per heavy atom. The quantitative estimate of drug-likeness (QED) is 0.896. The summed E-state index contributed by atoms with van der Waals surface area (Å²) in [7, 11) is 4.40. The fourth-order valence-electron chi connectivity index (χ4n) is 3.57. The number of benzene rings is 1. The Morgan fingerprint density at radius 3 is 2.21 bits per heavy atom. The lowest BCUT2D eigenvalue weighted by Gasteiger charge is -2.36. The van der Waals surface area contributed by atoms with E-state index in [1.54, 1.807) is 0 Å². The topological polar surface area (TPSA) is 32.5 Å². The van der Waals surface area contributed by atoms with Crippen molar-refractivity contribution < 1.29 is 0 Å². The first-order chi connectivity index (χ1) is 9.17. The lowest BCUT2D eigenvalue weighted by molar-refractivity contribution is 0.189. The van der Waals surface area contributed by atoms with Gasteiger partial charge in [-0.1, -0.05) is 24.3 Å². The van der Waals surface area contributed by atoms with E-state index in [1.807, 2.05) is 0 Å². The van der Waals surface area contributed by atoms with Crippen molar-refractivity contribution in [1.29, 1.82) is 0 Å². The van der Waals surface area contributed by atoms with Crippen LogP contribution in [0.3, 0.4) is 0 Å². The Balaban J connectivity index is 1.69. The maximum absolute atomic E-state index is 5.81. The number of likely N-dealkylation sites (N-methyl/N-ethyl adjacent to an activating group) is 1. The standard InChI is InChI=1S/C16H25N3/c1-18-10-15(11-18)13-3-5-14(6-4-13)16-7-12(8-17)9-19(16)2/h3-6,12,15-16H,7-11,17H2,1-2H3. The number of hydrogen-bond acceptors (Lipinski definition) is 3. The van der Waals surface area contributed by atoms with Gasteiger partial charge in [-0.25, -0.2) is 0 Å². The summed E-state index contributed by atoms with van der Waals surface area (Å²) in [6.45, 7) is 4.36. The normalized spacial score (nSPS) is 29.6. The van der Waals surface area contributed by atoms with Gasteiger partial charge in [0.15, 0.2) is 0 Å². The Hall–Kier alpha value is -0.900. The van der Waals surface area contributed by atoms with Crippen LogP contribution in [0.5, 0.6) is 0 Å². The summed E-state index contributed by atoms with van der Waals surface area (Å²) in [4.78, 5) is 4.82. The lowest BCUT2D eigenvalue weighted by Crippen LogP contribution is -2.41. The van der Waals surface area contributed by atoms with Crippen LogP contribution in [0.4, 0.5) is 0 Å². The highest BCUT2D eigenvalue weighted by Gasteiger charge is 2.30.